The monoisotopic (exact) mass is 318 g/mol. The van der Waals surface area contributed by atoms with Crippen molar-refractivity contribution in [3.05, 3.63) is 21.9 Å². The van der Waals surface area contributed by atoms with E-state index >= 15 is 0 Å². The van der Waals surface area contributed by atoms with Gasteiger partial charge in [0.25, 0.3) is 5.91 Å². The Kier molecular flexibility index (Phi) is 5.01. The van der Waals surface area contributed by atoms with Crippen molar-refractivity contribution in [1.82, 2.24) is 15.6 Å². The molecule has 2 heterocycles. The number of rotatable bonds is 5. The molecule has 0 atom stereocenters. The summed E-state index contributed by atoms with van der Waals surface area (Å²) in [7, 11) is 0. The van der Waals surface area contributed by atoms with E-state index in [1.54, 1.807) is 40.9 Å². The van der Waals surface area contributed by atoms with Crippen LogP contribution < -0.4 is 11.3 Å². The van der Waals surface area contributed by atoms with Crippen molar-refractivity contribution in [3.8, 4) is 0 Å². The fourth-order valence-corrected chi connectivity index (χ4v) is 4.51. The minimum absolute atomic E-state index is 0.253. The van der Waals surface area contributed by atoms with Crippen LogP contribution in [0.2, 0.25) is 0 Å². The summed E-state index contributed by atoms with van der Waals surface area (Å²) in [5, 5.41) is 8.10. The largest absolute Gasteiger partial charge is 0.289 e. The van der Waals surface area contributed by atoms with E-state index in [0.29, 0.717) is 4.88 Å². The predicted molar refractivity (Wildman–Crippen MR) is 77.2 cm³/mol. The molecular weight excluding hydrogens is 308 g/mol. The molecule has 0 unspecified atom stereocenters. The molecule has 0 fully saturated rings. The number of amides is 1. The minimum Gasteiger partial charge on any atom is -0.289 e. The summed E-state index contributed by atoms with van der Waals surface area (Å²) in [5.41, 5.74) is 2.12. The number of hydrazine groups is 1. The van der Waals surface area contributed by atoms with E-state index in [0.717, 1.165) is 19.3 Å². The Balaban J connectivity index is 1.93. The molecule has 9 heteroatoms. The Labute approximate surface area is 121 Å². The lowest BCUT2D eigenvalue weighted by Gasteiger charge is -1.94. The molecule has 0 radical (unpaired) electrons. The second kappa shape index (κ2) is 6.53. The van der Waals surface area contributed by atoms with Crippen LogP contribution in [0.1, 0.15) is 14.5 Å². The van der Waals surface area contributed by atoms with Crippen LogP contribution in [-0.2, 0) is 5.75 Å². The number of thiophene rings is 1. The zero-order valence-electron chi connectivity index (χ0n) is 9.37. The highest BCUT2D eigenvalue weighted by atomic mass is 32.2. The third-order valence-corrected chi connectivity index (χ3v) is 6.26. The minimum atomic E-state index is -0.253. The van der Waals surface area contributed by atoms with Crippen LogP contribution in [0.3, 0.4) is 0 Å². The van der Waals surface area contributed by atoms with Gasteiger partial charge in [0.1, 0.15) is 0 Å². The van der Waals surface area contributed by atoms with E-state index in [-0.39, 0.29) is 5.91 Å². The van der Waals surface area contributed by atoms with Crippen molar-refractivity contribution >= 4 is 52.1 Å². The second-order valence-electron chi connectivity index (χ2n) is 3.07. The molecule has 0 saturated carbocycles. The number of aromatic nitrogens is 2. The molecular formula is C9H10N4OS4. The summed E-state index contributed by atoms with van der Waals surface area (Å²) in [5.74, 6) is 5.61. The van der Waals surface area contributed by atoms with Crippen molar-refractivity contribution in [3.63, 3.8) is 0 Å². The van der Waals surface area contributed by atoms with Gasteiger partial charge in [-0.15, -0.1) is 21.5 Å². The Morgan fingerprint density at radius 2 is 2.17 bits per heavy atom. The van der Waals surface area contributed by atoms with Gasteiger partial charge in [-0.25, -0.2) is 5.84 Å². The lowest BCUT2D eigenvalue weighted by Crippen LogP contribution is -2.29. The smallest absolute Gasteiger partial charge is 0.275 e. The molecule has 2 aromatic heterocycles. The molecule has 3 N–H and O–H groups in total. The summed E-state index contributed by atoms with van der Waals surface area (Å²) < 4.78 is 1.91. The standard InChI is InChI=1S/C9H10N4OS4/c1-15-8-12-13-9(18-8)16-4-5-2-3-6(17-5)7(14)11-10/h2-3H,4,10H2,1H3,(H,11,14). The van der Waals surface area contributed by atoms with E-state index in [1.165, 1.54) is 11.3 Å². The number of hydrogen-bond acceptors (Lipinski definition) is 8. The van der Waals surface area contributed by atoms with Gasteiger partial charge in [0.15, 0.2) is 8.68 Å². The molecule has 0 saturated heterocycles. The molecule has 2 aromatic rings. The number of hydrogen-bond donors (Lipinski definition) is 2. The highest BCUT2D eigenvalue weighted by Crippen LogP contribution is 2.31. The van der Waals surface area contributed by atoms with Crippen LogP contribution in [0.25, 0.3) is 0 Å². The average Bonchev–Trinajstić information content (AvgIpc) is 3.04. The molecule has 0 aromatic carbocycles. The Morgan fingerprint density at radius 3 is 2.83 bits per heavy atom. The maximum atomic E-state index is 11.3. The second-order valence-corrected chi connectivity index (χ2v) is 7.49. The van der Waals surface area contributed by atoms with E-state index in [1.807, 2.05) is 12.3 Å². The molecule has 0 bridgehead atoms. The summed E-state index contributed by atoms with van der Waals surface area (Å²) in [6.07, 6.45) is 1.98. The Hall–Kier alpha value is -0.610. The first-order chi connectivity index (χ1) is 8.72. The van der Waals surface area contributed by atoms with Crippen LogP contribution >= 0.6 is 46.2 Å². The number of thioether (sulfide) groups is 2. The molecule has 0 spiro atoms. The topological polar surface area (TPSA) is 80.9 Å². The number of nitrogen functional groups attached to an aromatic ring is 1. The van der Waals surface area contributed by atoms with Crippen molar-refractivity contribution < 1.29 is 4.79 Å². The Bertz CT molecular complexity index is 538. The SMILES string of the molecule is CSc1nnc(SCc2ccc(C(=O)NN)s2)s1. The number of nitrogens with zero attached hydrogens (tertiary/aromatic N) is 2. The number of nitrogens with one attached hydrogen (secondary N) is 1. The van der Waals surface area contributed by atoms with Crippen LogP contribution in [0.4, 0.5) is 0 Å². The number of nitrogens with two attached hydrogens (primary N) is 1. The van der Waals surface area contributed by atoms with E-state index in [4.69, 9.17) is 5.84 Å². The summed E-state index contributed by atoms with van der Waals surface area (Å²) in [6.45, 7) is 0. The van der Waals surface area contributed by atoms with Gasteiger partial charge in [-0.2, -0.15) is 0 Å². The van der Waals surface area contributed by atoms with Gasteiger partial charge in [-0.3, -0.25) is 10.2 Å². The van der Waals surface area contributed by atoms with Gasteiger partial charge in [-0.05, 0) is 18.4 Å². The summed E-state index contributed by atoms with van der Waals surface area (Å²) in [4.78, 5) is 13.0. The first-order valence-electron chi connectivity index (χ1n) is 4.83. The van der Waals surface area contributed by atoms with Crippen LogP contribution in [0.5, 0.6) is 0 Å². The summed E-state index contributed by atoms with van der Waals surface area (Å²) >= 11 is 6.23. The van der Waals surface area contributed by atoms with Crippen molar-refractivity contribution in [2.24, 2.45) is 5.84 Å². The first kappa shape index (κ1) is 13.8. The van der Waals surface area contributed by atoms with Gasteiger partial charge in [0.05, 0.1) is 4.88 Å². The Morgan fingerprint density at radius 1 is 1.39 bits per heavy atom. The lowest BCUT2D eigenvalue weighted by atomic mass is 10.4. The van der Waals surface area contributed by atoms with Gasteiger partial charge >= 0.3 is 0 Å². The maximum Gasteiger partial charge on any atom is 0.275 e. The fourth-order valence-electron chi connectivity index (χ4n) is 1.12. The highest BCUT2D eigenvalue weighted by Gasteiger charge is 2.09. The zero-order valence-corrected chi connectivity index (χ0v) is 12.6. The molecule has 96 valence electrons. The third-order valence-electron chi connectivity index (χ3n) is 1.92. The molecule has 5 nitrogen and oxygen atoms in total. The molecule has 2 rings (SSSR count). The first-order valence-corrected chi connectivity index (χ1v) is 8.67. The van der Waals surface area contributed by atoms with E-state index in [9.17, 15) is 4.79 Å². The number of carbonyl (C=O) groups is 1. The fraction of sp³-hybridized carbons (Fsp3) is 0.222. The third kappa shape index (κ3) is 3.45. The van der Waals surface area contributed by atoms with Crippen molar-refractivity contribution in [2.75, 3.05) is 6.26 Å². The quantitative estimate of drug-likeness (QED) is 0.381. The zero-order chi connectivity index (χ0) is 13.0. The van der Waals surface area contributed by atoms with Crippen molar-refractivity contribution in [1.29, 1.82) is 0 Å². The predicted octanol–water partition coefficient (Wildman–Crippen LogP) is 2.22. The average molecular weight is 318 g/mol. The molecule has 0 aliphatic carbocycles. The molecule has 18 heavy (non-hydrogen) atoms. The van der Waals surface area contributed by atoms with Crippen LogP contribution in [-0.4, -0.2) is 22.4 Å². The van der Waals surface area contributed by atoms with Gasteiger partial charge < -0.3 is 0 Å². The summed E-state index contributed by atoms with van der Waals surface area (Å²) in [6, 6.07) is 3.70. The van der Waals surface area contributed by atoms with Crippen LogP contribution in [0.15, 0.2) is 20.8 Å². The molecule has 0 aliphatic rings. The normalized spacial score (nSPS) is 10.6. The number of carbonyl (C=O) groups excluding carboxylic acids is 1. The van der Waals surface area contributed by atoms with Gasteiger partial charge in [0.2, 0.25) is 0 Å². The van der Waals surface area contributed by atoms with E-state index < -0.39 is 0 Å². The molecule has 1 amide bonds. The maximum absolute atomic E-state index is 11.3. The molecule has 0 aliphatic heterocycles. The lowest BCUT2D eigenvalue weighted by molar-refractivity contribution is 0.0957. The van der Waals surface area contributed by atoms with Gasteiger partial charge in [-0.1, -0.05) is 34.9 Å². The van der Waals surface area contributed by atoms with Crippen molar-refractivity contribution in [2.45, 2.75) is 14.4 Å². The van der Waals surface area contributed by atoms with Gasteiger partial charge in [0, 0.05) is 10.6 Å². The van der Waals surface area contributed by atoms with E-state index in [2.05, 4.69) is 15.6 Å². The highest BCUT2D eigenvalue weighted by molar-refractivity contribution is 8.02. The van der Waals surface area contributed by atoms with Crippen LogP contribution in [0, 0.1) is 0 Å².